The first-order valence-electron chi connectivity index (χ1n) is 6.67. The molecule has 0 saturated carbocycles. The van der Waals surface area contributed by atoms with Crippen molar-refractivity contribution in [2.75, 3.05) is 5.32 Å². The molecule has 0 spiro atoms. The topological polar surface area (TPSA) is 35.8 Å². The van der Waals surface area contributed by atoms with E-state index in [0.29, 0.717) is 5.56 Å². The van der Waals surface area contributed by atoms with Crippen LogP contribution in [-0.2, 0) is 6.42 Å². The van der Waals surface area contributed by atoms with Gasteiger partial charge < -0.3 is 5.32 Å². The van der Waals surface area contributed by atoms with Crippen LogP contribution in [0.3, 0.4) is 0 Å². The molecule has 104 valence electrons. The number of nitrogens with zero attached hydrogens (tertiary/aromatic N) is 1. The zero-order valence-corrected chi connectivity index (χ0v) is 13.0. The predicted molar refractivity (Wildman–Crippen MR) is 89.9 cm³/mol. The molecule has 0 radical (unpaired) electrons. The number of thiophene rings is 2. The minimum Gasteiger partial charge on any atom is -0.377 e. The summed E-state index contributed by atoms with van der Waals surface area (Å²) >= 11 is 3.54. The zero-order valence-electron chi connectivity index (χ0n) is 11.3. The maximum Gasteiger partial charge on any atom is 0.0992 e. The van der Waals surface area contributed by atoms with Crippen LogP contribution >= 0.6 is 22.7 Å². The van der Waals surface area contributed by atoms with E-state index in [1.165, 1.54) is 9.75 Å². The van der Waals surface area contributed by atoms with Gasteiger partial charge in [0.15, 0.2) is 0 Å². The van der Waals surface area contributed by atoms with E-state index in [1.54, 1.807) is 22.7 Å². The maximum atomic E-state index is 9.01. The number of rotatable bonds is 5. The molecule has 0 fully saturated rings. The van der Waals surface area contributed by atoms with E-state index in [0.717, 1.165) is 12.1 Å². The largest absolute Gasteiger partial charge is 0.377 e. The second kappa shape index (κ2) is 6.57. The lowest BCUT2D eigenvalue weighted by Gasteiger charge is -2.18. The summed E-state index contributed by atoms with van der Waals surface area (Å²) in [6.45, 7) is 0. The first-order chi connectivity index (χ1) is 10.3. The Labute approximate surface area is 132 Å². The molecule has 21 heavy (non-hydrogen) atoms. The Morgan fingerprint density at radius 3 is 2.62 bits per heavy atom. The first kappa shape index (κ1) is 13.9. The molecule has 2 aromatic heterocycles. The summed E-state index contributed by atoms with van der Waals surface area (Å²) in [6.07, 6.45) is 0.953. The Bertz CT molecular complexity index is 725. The molecular weight excluding hydrogens is 296 g/mol. The van der Waals surface area contributed by atoms with E-state index in [9.17, 15) is 0 Å². The minimum absolute atomic E-state index is 0.234. The van der Waals surface area contributed by atoms with Gasteiger partial charge in [-0.1, -0.05) is 18.2 Å². The number of nitriles is 1. The molecular formula is C17H14N2S2. The van der Waals surface area contributed by atoms with Gasteiger partial charge in [-0.2, -0.15) is 5.26 Å². The lowest BCUT2D eigenvalue weighted by Crippen LogP contribution is -2.11. The summed E-state index contributed by atoms with van der Waals surface area (Å²) in [5.74, 6) is 0. The quantitative estimate of drug-likeness (QED) is 0.713. The van der Waals surface area contributed by atoms with Crippen molar-refractivity contribution in [3.05, 3.63) is 74.6 Å². The number of hydrogen-bond acceptors (Lipinski definition) is 4. The fourth-order valence-corrected chi connectivity index (χ4v) is 3.75. The number of hydrogen-bond donors (Lipinski definition) is 1. The second-order valence-electron chi connectivity index (χ2n) is 4.69. The summed E-state index contributed by atoms with van der Waals surface area (Å²) in [7, 11) is 0. The SMILES string of the molecule is N#Cc1cccc(NC(Cc2cccs2)c2cccs2)c1. The van der Waals surface area contributed by atoms with Gasteiger partial charge in [0.1, 0.15) is 0 Å². The van der Waals surface area contributed by atoms with Crippen LogP contribution in [0.15, 0.2) is 59.3 Å². The van der Waals surface area contributed by atoms with Crippen molar-refractivity contribution in [3.8, 4) is 6.07 Å². The van der Waals surface area contributed by atoms with E-state index in [2.05, 4.69) is 46.4 Å². The van der Waals surface area contributed by atoms with Crippen molar-refractivity contribution in [1.29, 1.82) is 5.26 Å². The highest BCUT2D eigenvalue weighted by Gasteiger charge is 2.14. The van der Waals surface area contributed by atoms with Crippen LogP contribution < -0.4 is 5.32 Å². The Balaban J connectivity index is 1.83. The van der Waals surface area contributed by atoms with E-state index in [-0.39, 0.29) is 6.04 Å². The van der Waals surface area contributed by atoms with Crippen molar-refractivity contribution in [2.24, 2.45) is 0 Å². The molecule has 3 rings (SSSR count). The van der Waals surface area contributed by atoms with Gasteiger partial charge >= 0.3 is 0 Å². The third kappa shape index (κ3) is 3.52. The van der Waals surface area contributed by atoms with Crippen LogP contribution in [0.4, 0.5) is 5.69 Å². The van der Waals surface area contributed by atoms with Crippen molar-refractivity contribution in [2.45, 2.75) is 12.5 Å². The van der Waals surface area contributed by atoms with Crippen LogP contribution in [-0.4, -0.2) is 0 Å². The summed E-state index contributed by atoms with van der Waals surface area (Å²) in [6, 6.07) is 18.6. The van der Waals surface area contributed by atoms with Crippen LogP contribution in [0, 0.1) is 11.3 Å². The molecule has 1 unspecified atom stereocenters. The maximum absolute atomic E-state index is 9.01. The van der Waals surface area contributed by atoms with Crippen molar-refractivity contribution in [1.82, 2.24) is 0 Å². The van der Waals surface area contributed by atoms with Crippen molar-refractivity contribution >= 4 is 28.4 Å². The fourth-order valence-electron chi connectivity index (χ4n) is 2.22. The molecule has 0 aliphatic heterocycles. The number of anilines is 1. The highest BCUT2D eigenvalue weighted by atomic mass is 32.1. The van der Waals surface area contributed by atoms with E-state index in [1.807, 2.05) is 24.3 Å². The Morgan fingerprint density at radius 2 is 1.90 bits per heavy atom. The second-order valence-corrected chi connectivity index (χ2v) is 6.70. The molecule has 0 aliphatic rings. The molecule has 2 heterocycles. The third-order valence-electron chi connectivity index (χ3n) is 3.20. The molecule has 1 atom stereocenters. The Kier molecular flexibility index (Phi) is 4.34. The predicted octanol–water partition coefficient (Wildman–Crippen LogP) is 5.08. The van der Waals surface area contributed by atoms with Crippen molar-refractivity contribution in [3.63, 3.8) is 0 Å². The number of benzene rings is 1. The molecule has 3 aromatic rings. The molecule has 1 N–H and O–H groups in total. The minimum atomic E-state index is 0.234. The monoisotopic (exact) mass is 310 g/mol. The lowest BCUT2D eigenvalue weighted by molar-refractivity contribution is 0.802. The molecule has 0 aliphatic carbocycles. The summed E-state index contributed by atoms with van der Waals surface area (Å²) in [4.78, 5) is 2.67. The van der Waals surface area contributed by atoms with Crippen LogP contribution in [0.25, 0.3) is 0 Å². The molecule has 2 nitrogen and oxygen atoms in total. The first-order valence-corrected chi connectivity index (χ1v) is 8.43. The average molecular weight is 310 g/mol. The highest BCUT2D eigenvalue weighted by Crippen LogP contribution is 2.28. The summed E-state index contributed by atoms with van der Waals surface area (Å²) in [5, 5.41) is 16.8. The Hall–Kier alpha value is -2.09. The fraction of sp³-hybridized carbons (Fsp3) is 0.118. The lowest BCUT2D eigenvalue weighted by atomic mass is 10.1. The molecule has 0 bridgehead atoms. The average Bonchev–Trinajstić information content (AvgIpc) is 3.20. The molecule has 0 amide bonds. The molecule has 1 aromatic carbocycles. The van der Waals surface area contributed by atoms with E-state index < -0.39 is 0 Å². The van der Waals surface area contributed by atoms with E-state index >= 15 is 0 Å². The van der Waals surface area contributed by atoms with Gasteiger partial charge in [-0.25, -0.2) is 0 Å². The van der Waals surface area contributed by atoms with Crippen LogP contribution in [0.2, 0.25) is 0 Å². The molecule has 0 saturated heterocycles. The number of nitrogens with one attached hydrogen (secondary N) is 1. The van der Waals surface area contributed by atoms with E-state index in [4.69, 9.17) is 5.26 Å². The Morgan fingerprint density at radius 1 is 1.05 bits per heavy atom. The van der Waals surface area contributed by atoms with Gasteiger partial charge in [-0.15, -0.1) is 22.7 Å². The normalized spacial score (nSPS) is 11.8. The van der Waals surface area contributed by atoms with Crippen LogP contribution in [0.5, 0.6) is 0 Å². The van der Waals surface area contributed by atoms with Crippen LogP contribution in [0.1, 0.15) is 21.4 Å². The highest BCUT2D eigenvalue weighted by molar-refractivity contribution is 7.10. The van der Waals surface area contributed by atoms with Gasteiger partial charge in [0.25, 0.3) is 0 Å². The standard InChI is InChI=1S/C17H14N2S2/c18-12-13-4-1-5-14(10-13)19-16(17-7-3-9-21-17)11-15-6-2-8-20-15/h1-10,16,19H,11H2. The molecule has 4 heteroatoms. The summed E-state index contributed by atoms with van der Waals surface area (Å²) in [5.41, 5.74) is 1.67. The van der Waals surface area contributed by atoms with Gasteiger partial charge in [-0.05, 0) is 41.1 Å². The third-order valence-corrected chi connectivity index (χ3v) is 5.09. The van der Waals surface area contributed by atoms with Gasteiger partial charge in [-0.3, -0.25) is 0 Å². The van der Waals surface area contributed by atoms with Gasteiger partial charge in [0, 0.05) is 21.9 Å². The van der Waals surface area contributed by atoms with Gasteiger partial charge in [0.2, 0.25) is 0 Å². The van der Waals surface area contributed by atoms with Gasteiger partial charge in [0.05, 0.1) is 17.7 Å². The summed E-state index contributed by atoms with van der Waals surface area (Å²) < 4.78 is 0. The smallest absolute Gasteiger partial charge is 0.0992 e. The zero-order chi connectivity index (χ0) is 14.5. The van der Waals surface area contributed by atoms with Crippen molar-refractivity contribution < 1.29 is 0 Å².